The Labute approximate surface area is 75.7 Å². The van der Waals surface area contributed by atoms with E-state index in [2.05, 4.69) is 21.4 Å². The van der Waals surface area contributed by atoms with Crippen LogP contribution in [0.1, 0.15) is 5.69 Å². The maximum Gasteiger partial charge on any atom is 0.0416 e. The minimum atomic E-state index is 0.908. The third-order valence-corrected chi connectivity index (χ3v) is 1.99. The molecule has 0 bridgehead atoms. The Morgan fingerprint density at radius 3 is 3.09 bits per heavy atom. The number of nitrogens with one attached hydrogen (secondary N) is 1. The molecule has 1 N–H and O–H groups in total. The van der Waals surface area contributed by atoms with Gasteiger partial charge in [0.25, 0.3) is 0 Å². The first-order valence-electron chi connectivity index (χ1n) is 3.36. The zero-order chi connectivity index (χ0) is 7.94. The highest BCUT2D eigenvalue weighted by atomic mass is 33.1. The van der Waals surface area contributed by atoms with E-state index in [4.69, 9.17) is 0 Å². The van der Waals surface area contributed by atoms with Crippen LogP contribution in [0.3, 0.4) is 0 Å². The third-order valence-electron chi connectivity index (χ3n) is 1.27. The van der Waals surface area contributed by atoms with E-state index in [9.17, 15) is 0 Å². The standard InChI is InChI=1S/C7H10N2S2/c10-11-9-6-4-7-3-1-2-5-8-7/h1-3,5,9-10H,4,6H2. The average Bonchev–Trinajstić information content (AvgIpc) is 2.07. The molecule has 0 aliphatic heterocycles. The fraction of sp³-hybridized carbons (Fsp3) is 0.286. The van der Waals surface area contributed by atoms with Gasteiger partial charge in [0, 0.05) is 24.9 Å². The van der Waals surface area contributed by atoms with Crippen molar-refractivity contribution < 1.29 is 0 Å². The number of rotatable bonds is 4. The normalized spacial score (nSPS) is 9.91. The summed E-state index contributed by atoms with van der Waals surface area (Å²) >= 11 is 3.95. The van der Waals surface area contributed by atoms with Crippen molar-refractivity contribution in [2.45, 2.75) is 6.42 Å². The van der Waals surface area contributed by atoms with Gasteiger partial charge in [-0.15, -0.1) is 0 Å². The molecule has 0 amide bonds. The van der Waals surface area contributed by atoms with E-state index < -0.39 is 0 Å². The molecule has 0 saturated carbocycles. The summed E-state index contributed by atoms with van der Waals surface area (Å²) in [5.74, 6) is 0. The molecule has 4 heteroatoms. The van der Waals surface area contributed by atoms with Gasteiger partial charge in [0.15, 0.2) is 0 Å². The lowest BCUT2D eigenvalue weighted by Crippen LogP contribution is -2.07. The number of thiol groups is 1. The van der Waals surface area contributed by atoms with Gasteiger partial charge in [0.2, 0.25) is 0 Å². The second kappa shape index (κ2) is 5.46. The van der Waals surface area contributed by atoms with Crippen LogP contribution < -0.4 is 4.72 Å². The van der Waals surface area contributed by atoms with Crippen molar-refractivity contribution in [1.82, 2.24) is 9.71 Å². The van der Waals surface area contributed by atoms with Crippen molar-refractivity contribution >= 4 is 22.6 Å². The number of pyridine rings is 1. The van der Waals surface area contributed by atoms with Gasteiger partial charge in [-0.05, 0) is 23.1 Å². The maximum atomic E-state index is 4.18. The zero-order valence-corrected chi connectivity index (χ0v) is 7.74. The van der Waals surface area contributed by atoms with E-state index in [-0.39, 0.29) is 0 Å². The first kappa shape index (κ1) is 8.90. The highest BCUT2D eigenvalue weighted by Crippen LogP contribution is 1.98. The first-order chi connectivity index (χ1) is 5.43. The smallest absolute Gasteiger partial charge is 0.0416 e. The highest BCUT2D eigenvalue weighted by molar-refractivity contribution is 8.67. The summed E-state index contributed by atoms with van der Waals surface area (Å²) in [5.41, 5.74) is 1.11. The Bertz CT molecular complexity index is 191. The molecule has 0 saturated heterocycles. The minimum absolute atomic E-state index is 0.908. The summed E-state index contributed by atoms with van der Waals surface area (Å²) in [6, 6.07) is 5.94. The molecule has 0 aromatic carbocycles. The lowest BCUT2D eigenvalue weighted by Gasteiger charge is -1.98. The van der Waals surface area contributed by atoms with Gasteiger partial charge in [-0.3, -0.25) is 9.71 Å². The summed E-state index contributed by atoms with van der Waals surface area (Å²) < 4.78 is 3.04. The van der Waals surface area contributed by atoms with E-state index in [0.29, 0.717) is 0 Å². The van der Waals surface area contributed by atoms with Crippen LogP contribution in [-0.2, 0) is 6.42 Å². The molecule has 0 aliphatic carbocycles. The van der Waals surface area contributed by atoms with Crippen molar-refractivity contribution in [3.05, 3.63) is 30.1 Å². The molecule has 1 rings (SSSR count). The van der Waals surface area contributed by atoms with Gasteiger partial charge in [-0.1, -0.05) is 17.7 Å². The fourth-order valence-electron chi connectivity index (χ4n) is 0.771. The summed E-state index contributed by atoms with van der Waals surface area (Å²) in [5, 5.41) is 0. The molecular formula is C7H10N2S2. The summed E-state index contributed by atoms with van der Waals surface area (Å²) in [4.78, 5) is 4.18. The summed E-state index contributed by atoms with van der Waals surface area (Å²) in [6.07, 6.45) is 2.76. The van der Waals surface area contributed by atoms with Gasteiger partial charge in [0.1, 0.15) is 0 Å². The van der Waals surface area contributed by atoms with Crippen LogP contribution in [0.15, 0.2) is 24.4 Å². The molecule has 1 aromatic rings. The van der Waals surface area contributed by atoms with Crippen molar-refractivity contribution in [3.8, 4) is 0 Å². The SMILES string of the molecule is SSNCCc1ccccn1. The third kappa shape index (κ3) is 3.65. The summed E-state index contributed by atoms with van der Waals surface area (Å²) in [6.45, 7) is 0.908. The van der Waals surface area contributed by atoms with E-state index in [1.165, 1.54) is 11.0 Å². The van der Waals surface area contributed by atoms with Gasteiger partial charge < -0.3 is 0 Å². The summed E-state index contributed by atoms with van der Waals surface area (Å²) in [7, 11) is 1.34. The minimum Gasteiger partial charge on any atom is -0.261 e. The quantitative estimate of drug-likeness (QED) is 0.324. The molecule has 0 radical (unpaired) electrons. The lowest BCUT2D eigenvalue weighted by molar-refractivity contribution is 0.879. The van der Waals surface area contributed by atoms with Crippen molar-refractivity contribution in [2.24, 2.45) is 0 Å². The Hall–Kier alpha value is -0.190. The van der Waals surface area contributed by atoms with Crippen molar-refractivity contribution in [1.29, 1.82) is 0 Å². The average molecular weight is 186 g/mol. The van der Waals surface area contributed by atoms with E-state index in [1.807, 2.05) is 24.4 Å². The molecule has 1 aromatic heterocycles. The van der Waals surface area contributed by atoms with Gasteiger partial charge in [-0.2, -0.15) is 0 Å². The van der Waals surface area contributed by atoms with Gasteiger partial charge in [-0.25, -0.2) is 0 Å². The van der Waals surface area contributed by atoms with E-state index >= 15 is 0 Å². The van der Waals surface area contributed by atoms with Crippen LogP contribution >= 0.6 is 22.6 Å². The molecule has 1 heterocycles. The van der Waals surface area contributed by atoms with E-state index in [1.54, 1.807) is 0 Å². The van der Waals surface area contributed by atoms with Crippen LogP contribution in [0.25, 0.3) is 0 Å². The predicted octanol–water partition coefficient (Wildman–Crippen LogP) is 1.71. The molecule has 60 valence electrons. The molecule has 2 nitrogen and oxygen atoms in total. The fourth-order valence-corrected chi connectivity index (χ4v) is 1.24. The van der Waals surface area contributed by atoms with Crippen molar-refractivity contribution in [3.63, 3.8) is 0 Å². The molecule has 0 unspecified atom stereocenters. The topological polar surface area (TPSA) is 24.9 Å². The Morgan fingerprint density at radius 2 is 2.45 bits per heavy atom. The van der Waals surface area contributed by atoms with Crippen LogP contribution in [0.2, 0.25) is 0 Å². The van der Waals surface area contributed by atoms with Crippen molar-refractivity contribution in [2.75, 3.05) is 6.54 Å². The van der Waals surface area contributed by atoms with Gasteiger partial charge in [0.05, 0.1) is 0 Å². The Balaban J connectivity index is 2.28. The zero-order valence-electron chi connectivity index (χ0n) is 6.03. The maximum absolute atomic E-state index is 4.18. The number of hydrogen-bond acceptors (Lipinski definition) is 4. The number of nitrogens with zero attached hydrogens (tertiary/aromatic N) is 1. The van der Waals surface area contributed by atoms with Gasteiger partial charge >= 0.3 is 0 Å². The van der Waals surface area contributed by atoms with E-state index in [0.717, 1.165) is 18.7 Å². The molecule has 0 aliphatic rings. The van der Waals surface area contributed by atoms with Crippen LogP contribution in [-0.4, -0.2) is 11.5 Å². The monoisotopic (exact) mass is 186 g/mol. The van der Waals surface area contributed by atoms with Crippen LogP contribution in [0.5, 0.6) is 0 Å². The molecule has 0 spiro atoms. The molecule has 0 fully saturated rings. The second-order valence-corrected chi connectivity index (χ2v) is 3.08. The molecular weight excluding hydrogens is 176 g/mol. The highest BCUT2D eigenvalue weighted by Gasteiger charge is 1.90. The lowest BCUT2D eigenvalue weighted by atomic mass is 10.3. The number of hydrogen-bond donors (Lipinski definition) is 2. The second-order valence-electron chi connectivity index (χ2n) is 2.06. The largest absolute Gasteiger partial charge is 0.261 e. The Morgan fingerprint density at radius 1 is 1.55 bits per heavy atom. The number of aromatic nitrogens is 1. The first-order valence-corrected chi connectivity index (χ1v) is 5.23. The van der Waals surface area contributed by atoms with Crippen LogP contribution in [0, 0.1) is 0 Å². The predicted molar refractivity (Wildman–Crippen MR) is 52.5 cm³/mol. The molecule has 0 atom stereocenters. The van der Waals surface area contributed by atoms with Crippen LogP contribution in [0.4, 0.5) is 0 Å². The Kier molecular flexibility index (Phi) is 4.42. The molecule has 11 heavy (non-hydrogen) atoms.